The van der Waals surface area contributed by atoms with Crippen LogP contribution < -0.4 is 10.6 Å². The van der Waals surface area contributed by atoms with E-state index < -0.39 is 34.6 Å². The predicted molar refractivity (Wildman–Crippen MR) is 102 cm³/mol. The van der Waals surface area contributed by atoms with Crippen LogP contribution in [-0.2, 0) is 19.1 Å². The summed E-state index contributed by atoms with van der Waals surface area (Å²) in [6, 6.07) is -0.810. The van der Waals surface area contributed by atoms with Gasteiger partial charge in [-0.15, -0.1) is 0 Å². The number of amides is 3. The number of hydrogen-bond acceptors (Lipinski definition) is 5. The second-order valence-electron chi connectivity index (χ2n) is 9.67. The predicted octanol–water partition coefficient (Wildman–Crippen LogP) is 0.0402. The summed E-state index contributed by atoms with van der Waals surface area (Å²) in [5, 5.41) is 14.9. The first-order valence-electron chi connectivity index (χ1n) is 10.1. The molecular weight excluding hydrogens is 362 g/mol. The molecular formula is C20H33N3O5. The first-order valence-corrected chi connectivity index (χ1v) is 10.1. The van der Waals surface area contributed by atoms with Crippen molar-refractivity contribution in [1.82, 2.24) is 15.5 Å². The minimum absolute atomic E-state index is 0.0292. The fourth-order valence-electron chi connectivity index (χ4n) is 5.51. The molecule has 3 heterocycles. The van der Waals surface area contributed by atoms with Crippen LogP contribution >= 0.6 is 0 Å². The Kier molecular flexibility index (Phi) is 5.03. The van der Waals surface area contributed by atoms with Crippen LogP contribution in [-0.4, -0.2) is 70.7 Å². The summed E-state index contributed by atoms with van der Waals surface area (Å²) < 4.78 is 6.50. The molecule has 3 saturated heterocycles. The molecule has 0 aromatic rings. The van der Waals surface area contributed by atoms with Crippen molar-refractivity contribution in [3.63, 3.8) is 0 Å². The third-order valence-electron chi connectivity index (χ3n) is 6.65. The van der Waals surface area contributed by atoms with Gasteiger partial charge in [0.25, 0.3) is 0 Å². The van der Waals surface area contributed by atoms with E-state index in [1.165, 1.54) is 4.90 Å². The van der Waals surface area contributed by atoms with Gasteiger partial charge in [-0.2, -0.15) is 0 Å². The SMILES string of the molecule is CNC(=O)[C@@H]1[C@H]2C(=O)N(CCCO)C(C(=O)NC(C)(C)C)C23CC(C)[C@@]1(C)O3. The van der Waals surface area contributed by atoms with E-state index in [2.05, 4.69) is 10.6 Å². The number of nitrogens with zero attached hydrogens (tertiary/aromatic N) is 1. The summed E-state index contributed by atoms with van der Waals surface area (Å²) in [6.07, 6.45) is 0.913. The van der Waals surface area contributed by atoms with Crippen LogP contribution in [0.2, 0.25) is 0 Å². The molecule has 3 aliphatic rings. The average Bonchev–Trinajstić information content (AvgIpc) is 3.08. The zero-order valence-electron chi connectivity index (χ0n) is 17.7. The molecule has 8 nitrogen and oxygen atoms in total. The lowest BCUT2D eigenvalue weighted by molar-refractivity contribution is -0.148. The molecule has 28 heavy (non-hydrogen) atoms. The van der Waals surface area contributed by atoms with Crippen LogP contribution in [0, 0.1) is 17.8 Å². The Morgan fingerprint density at radius 1 is 1.32 bits per heavy atom. The molecule has 1 spiro atoms. The maximum absolute atomic E-state index is 13.4. The monoisotopic (exact) mass is 395 g/mol. The smallest absolute Gasteiger partial charge is 0.246 e. The highest BCUT2D eigenvalue weighted by Crippen LogP contribution is 2.65. The van der Waals surface area contributed by atoms with Gasteiger partial charge in [-0.3, -0.25) is 14.4 Å². The number of ether oxygens (including phenoxy) is 1. The van der Waals surface area contributed by atoms with Crippen molar-refractivity contribution in [2.45, 2.75) is 70.2 Å². The number of nitrogens with one attached hydrogen (secondary N) is 2. The van der Waals surface area contributed by atoms with Crippen LogP contribution in [0.5, 0.6) is 0 Å². The molecule has 3 aliphatic heterocycles. The quantitative estimate of drug-likeness (QED) is 0.609. The fraction of sp³-hybridized carbons (Fsp3) is 0.850. The molecule has 0 radical (unpaired) electrons. The topological polar surface area (TPSA) is 108 Å². The largest absolute Gasteiger partial charge is 0.396 e. The molecule has 3 rings (SSSR count). The Morgan fingerprint density at radius 2 is 1.96 bits per heavy atom. The summed E-state index contributed by atoms with van der Waals surface area (Å²) in [7, 11) is 1.56. The molecule has 3 N–H and O–H groups in total. The Labute approximate surface area is 166 Å². The number of hydrogen-bond donors (Lipinski definition) is 3. The van der Waals surface area contributed by atoms with Crippen molar-refractivity contribution < 1.29 is 24.2 Å². The first kappa shape index (κ1) is 21.0. The lowest BCUT2D eigenvalue weighted by Crippen LogP contribution is -2.58. The van der Waals surface area contributed by atoms with Gasteiger partial charge < -0.3 is 25.4 Å². The van der Waals surface area contributed by atoms with Crippen molar-refractivity contribution in [2.75, 3.05) is 20.2 Å². The maximum Gasteiger partial charge on any atom is 0.246 e. The van der Waals surface area contributed by atoms with Gasteiger partial charge in [0, 0.05) is 25.7 Å². The zero-order valence-corrected chi connectivity index (χ0v) is 17.7. The van der Waals surface area contributed by atoms with Crippen molar-refractivity contribution in [3.05, 3.63) is 0 Å². The van der Waals surface area contributed by atoms with Crippen LogP contribution in [0.15, 0.2) is 0 Å². The number of carbonyl (C=O) groups excluding carboxylic acids is 3. The molecule has 0 aromatic carbocycles. The van der Waals surface area contributed by atoms with E-state index in [0.717, 1.165) is 0 Å². The molecule has 0 aromatic heterocycles. The van der Waals surface area contributed by atoms with Crippen LogP contribution in [0.4, 0.5) is 0 Å². The Balaban J connectivity index is 2.08. The lowest BCUT2D eigenvalue weighted by Gasteiger charge is -2.36. The summed E-state index contributed by atoms with van der Waals surface area (Å²) in [6.45, 7) is 9.74. The van der Waals surface area contributed by atoms with Crippen molar-refractivity contribution in [2.24, 2.45) is 17.8 Å². The summed E-state index contributed by atoms with van der Waals surface area (Å²) >= 11 is 0. The Hall–Kier alpha value is -1.67. The zero-order chi connectivity index (χ0) is 21.1. The minimum atomic E-state index is -1.02. The Morgan fingerprint density at radius 3 is 2.50 bits per heavy atom. The second-order valence-corrected chi connectivity index (χ2v) is 9.67. The molecule has 8 heteroatoms. The summed E-state index contributed by atoms with van der Waals surface area (Å²) in [5.41, 5.74) is -2.28. The van der Waals surface area contributed by atoms with E-state index in [1.54, 1.807) is 7.05 Å². The number of carbonyl (C=O) groups is 3. The van der Waals surface area contributed by atoms with Crippen LogP contribution in [0.3, 0.4) is 0 Å². The van der Waals surface area contributed by atoms with Gasteiger partial charge in [0.15, 0.2) is 0 Å². The van der Waals surface area contributed by atoms with E-state index in [-0.39, 0.29) is 36.8 Å². The van der Waals surface area contributed by atoms with E-state index >= 15 is 0 Å². The maximum atomic E-state index is 13.4. The van der Waals surface area contributed by atoms with E-state index in [0.29, 0.717) is 12.8 Å². The van der Waals surface area contributed by atoms with Gasteiger partial charge in [0.2, 0.25) is 17.7 Å². The van der Waals surface area contributed by atoms with Crippen LogP contribution in [0.1, 0.15) is 47.5 Å². The number of fused-ring (bicyclic) bond motifs is 1. The highest BCUT2D eigenvalue weighted by molar-refractivity contribution is 5.99. The number of likely N-dealkylation sites (tertiary alicyclic amines) is 1. The number of rotatable bonds is 5. The molecule has 0 saturated carbocycles. The molecule has 6 atom stereocenters. The Bertz CT molecular complexity index is 690. The highest BCUT2D eigenvalue weighted by Gasteiger charge is 2.79. The molecule has 2 bridgehead atoms. The lowest BCUT2D eigenvalue weighted by atomic mass is 9.62. The molecule has 0 aliphatic carbocycles. The van der Waals surface area contributed by atoms with E-state index in [4.69, 9.17) is 4.74 Å². The molecule has 3 amide bonds. The van der Waals surface area contributed by atoms with Gasteiger partial charge in [-0.25, -0.2) is 0 Å². The van der Waals surface area contributed by atoms with Gasteiger partial charge in [-0.1, -0.05) is 6.92 Å². The van der Waals surface area contributed by atoms with E-state index in [9.17, 15) is 19.5 Å². The van der Waals surface area contributed by atoms with Crippen molar-refractivity contribution >= 4 is 17.7 Å². The van der Waals surface area contributed by atoms with Gasteiger partial charge >= 0.3 is 0 Å². The standard InChI is InChI=1S/C20H33N3O5/c1-11-10-20-13(12(15(25)21-6)19(11,5)28-20)17(27)23(8-7-9-24)14(20)16(26)22-18(2,3)4/h11-14,24H,7-10H2,1-6H3,(H,21,25)(H,22,26)/t11?,12-,13-,14?,19+,20?/m0/s1. The molecule has 3 fully saturated rings. The second kappa shape index (κ2) is 6.69. The summed E-state index contributed by atoms with van der Waals surface area (Å²) in [5.74, 6) is -2.03. The number of aliphatic hydroxyl groups excluding tert-OH is 1. The average molecular weight is 396 g/mol. The van der Waals surface area contributed by atoms with Crippen molar-refractivity contribution in [1.29, 1.82) is 0 Å². The van der Waals surface area contributed by atoms with Gasteiger partial charge in [0.1, 0.15) is 11.6 Å². The molecule has 3 unspecified atom stereocenters. The van der Waals surface area contributed by atoms with Gasteiger partial charge in [-0.05, 0) is 46.5 Å². The highest BCUT2D eigenvalue weighted by atomic mass is 16.5. The van der Waals surface area contributed by atoms with Crippen LogP contribution in [0.25, 0.3) is 0 Å². The number of aliphatic hydroxyl groups is 1. The summed E-state index contributed by atoms with van der Waals surface area (Å²) in [4.78, 5) is 41.0. The van der Waals surface area contributed by atoms with Crippen molar-refractivity contribution in [3.8, 4) is 0 Å². The normalized spacial score (nSPS) is 39.2. The molecule has 158 valence electrons. The third-order valence-corrected chi connectivity index (χ3v) is 6.65. The fourth-order valence-corrected chi connectivity index (χ4v) is 5.51. The first-order chi connectivity index (χ1) is 12.9. The minimum Gasteiger partial charge on any atom is -0.396 e. The van der Waals surface area contributed by atoms with E-state index in [1.807, 2.05) is 34.6 Å². The van der Waals surface area contributed by atoms with Gasteiger partial charge in [0.05, 0.1) is 17.4 Å². The third kappa shape index (κ3) is 2.84.